The Morgan fingerprint density at radius 3 is 2.43 bits per heavy atom. The Morgan fingerprint density at radius 2 is 1.83 bits per heavy atom. The molecule has 0 atom stereocenters. The van der Waals surface area contributed by atoms with Gasteiger partial charge in [-0.05, 0) is 51.3 Å². The summed E-state index contributed by atoms with van der Waals surface area (Å²) in [4.78, 5) is 24.3. The number of ether oxygens (including phenoxy) is 1. The first-order chi connectivity index (χ1) is 14.3. The summed E-state index contributed by atoms with van der Waals surface area (Å²) in [6.45, 7) is 8.73. The fourth-order valence-electron chi connectivity index (χ4n) is 2.82. The second-order valence-corrected chi connectivity index (χ2v) is 9.00. The molecule has 0 saturated carbocycles. The average molecular weight is 451 g/mol. The fraction of sp³-hybridized carbons (Fsp3) is 0.450. The van der Waals surface area contributed by atoms with E-state index in [0.717, 1.165) is 29.4 Å². The smallest absolute Gasteiger partial charge is 0.333 e. The van der Waals surface area contributed by atoms with Crippen molar-refractivity contribution in [3.05, 3.63) is 29.4 Å². The zero-order valence-corrected chi connectivity index (χ0v) is 19.2. The molecule has 10 heteroatoms. The highest BCUT2D eigenvalue weighted by Crippen LogP contribution is 2.35. The summed E-state index contributed by atoms with van der Waals surface area (Å²) in [5, 5.41) is 3.22. The predicted octanol–water partition coefficient (Wildman–Crippen LogP) is 3.78. The second-order valence-electron chi connectivity index (χ2n) is 7.83. The van der Waals surface area contributed by atoms with Crippen LogP contribution < -0.4 is 21.1 Å². The van der Waals surface area contributed by atoms with E-state index in [1.807, 2.05) is 39.2 Å². The van der Waals surface area contributed by atoms with Crippen molar-refractivity contribution in [2.24, 2.45) is 0 Å². The summed E-state index contributed by atoms with van der Waals surface area (Å²) in [5.41, 5.74) is 6.80. The number of benzene rings is 1. The van der Waals surface area contributed by atoms with Crippen molar-refractivity contribution >= 4 is 40.9 Å². The monoisotopic (exact) mass is 450 g/mol. The van der Waals surface area contributed by atoms with E-state index in [1.165, 1.54) is 11.8 Å². The van der Waals surface area contributed by atoms with E-state index in [2.05, 4.69) is 26.1 Å². The highest BCUT2D eigenvalue weighted by atomic mass is 35.5. The van der Waals surface area contributed by atoms with Crippen LogP contribution in [0.15, 0.2) is 29.2 Å². The molecule has 3 rings (SSSR count). The maximum absolute atomic E-state index is 12.0. The molecule has 0 unspecified atom stereocenters. The van der Waals surface area contributed by atoms with E-state index in [0.29, 0.717) is 29.9 Å². The van der Waals surface area contributed by atoms with Crippen LogP contribution in [0, 0.1) is 0 Å². The minimum Gasteiger partial charge on any atom is -0.378 e. The van der Waals surface area contributed by atoms with Crippen LogP contribution in [0.1, 0.15) is 20.8 Å². The lowest BCUT2D eigenvalue weighted by Gasteiger charge is -2.29. The first-order valence-corrected chi connectivity index (χ1v) is 11.3. The van der Waals surface area contributed by atoms with Crippen molar-refractivity contribution in [1.29, 1.82) is 0 Å². The lowest BCUT2D eigenvalue weighted by molar-refractivity contribution is 0.122. The Labute approximate surface area is 186 Å². The first-order valence-electron chi connectivity index (χ1n) is 9.65. The van der Waals surface area contributed by atoms with Crippen LogP contribution in [0.4, 0.5) is 16.3 Å². The number of hydrogen-bond acceptors (Lipinski definition) is 7. The van der Waals surface area contributed by atoms with Crippen molar-refractivity contribution in [1.82, 2.24) is 20.8 Å². The molecular weight excluding hydrogens is 424 g/mol. The summed E-state index contributed by atoms with van der Waals surface area (Å²) < 4.78 is 5.45. The number of carbonyl (C=O) groups is 1. The van der Waals surface area contributed by atoms with Gasteiger partial charge in [0.05, 0.1) is 18.1 Å². The maximum Gasteiger partial charge on any atom is 0.333 e. The number of hydrogen-bond donors (Lipinski definition) is 3. The Balaban J connectivity index is 1.77. The minimum absolute atomic E-state index is 0.223. The zero-order valence-electron chi connectivity index (χ0n) is 17.6. The summed E-state index contributed by atoms with van der Waals surface area (Å²) in [6, 6.07) is 7.00. The number of amides is 2. The molecule has 0 radical (unpaired) electrons. The number of aromatic nitrogens is 2. The number of rotatable bonds is 5. The second kappa shape index (κ2) is 9.82. The lowest BCUT2D eigenvalue weighted by Crippen LogP contribution is -2.50. The molecule has 1 fully saturated rings. The largest absolute Gasteiger partial charge is 0.378 e. The van der Waals surface area contributed by atoms with Crippen molar-refractivity contribution in [2.75, 3.05) is 42.8 Å². The molecule has 2 heterocycles. The van der Waals surface area contributed by atoms with E-state index in [9.17, 15) is 4.79 Å². The van der Waals surface area contributed by atoms with Crippen LogP contribution in [0.25, 0.3) is 11.4 Å². The van der Waals surface area contributed by atoms with Crippen LogP contribution >= 0.6 is 23.4 Å². The number of nitrogens with zero attached hydrogens (tertiary/aromatic N) is 3. The fourth-order valence-corrected chi connectivity index (χ4v) is 3.78. The molecule has 3 N–H and O–H groups in total. The molecule has 1 saturated heterocycles. The van der Waals surface area contributed by atoms with Gasteiger partial charge in [-0.3, -0.25) is 5.43 Å². The molecule has 1 aromatic carbocycles. The molecule has 1 aliphatic rings. The number of halogens is 1. The number of morpholine rings is 1. The van der Waals surface area contributed by atoms with Gasteiger partial charge in [-0.2, -0.15) is 0 Å². The van der Waals surface area contributed by atoms with Crippen LogP contribution in [0.2, 0.25) is 5.15 Å². The van der Waals surface area contributed by atoms with Gasteiger partial charge in [0.2, 0.25) is 0 Å². The number of hydrazine groups is 1. The van der Waals surface area contributed by atoms with Gasteiger partial charge < -0.3 is 15.0 Å². The number of thioether (sulfide) groups is 1. The summed E-state index contributed by atoms with van der Waals surface area (Å²) >= 11 is 8.01. The highest BCUT2D eigenvalue weighted by Gasteiger charge is 2.21. The third-order valence-corrected chi connectivity index (χ3v) is 5.44. The molecule has 30 heavy (non-hydrogen) atoms. The van der Waals surface area contributed by atoms with E-state index >= 15 is 0 Å². The summed E-state index contributed by atoms with van der Waals surface area (Å²) in [5.74, 6) is 1.38. The molecular formula is C20H27ClN6O2S. The van der Waals surface area contributed by atoms with Crippen molar-refractivity contribution < 1.29 is 9.53 Å². The molecule has 8 nitrogen and oxygen atoms in total. The maximum atomic E-state index is 12.0. The van der Waals surface area contributed by atoms with E-state index in [4.69, 9.17) is 21.3 Å². The van der Waals surface area contributed by atoms with Crippen molar-refractivity contribution in [3.8, 4) is 11.4 Å². The third-order valence-electron chi connectivity index (χ3n) is 4.27. The SMILES string of the molecule is CSc1c(Cl)nc(-c2ccc(NC(=O)NNC(C)(C)C)cc2)nc1N1CCOCC1. The van der Waals surface area contributed by atoms with Gasteiger partial charge in [-0.1, -0.05) is 11.6 Å². The van der Waals surface area contributed by atoms with Crippen LogP contribution in [-0.2, 0) is 4.74 Å². The topological polar surface area (TPSA) is 91.4 Å². The van der Waals surface area contributed by atoms with E-state index in [-0.39, 0.29) is 11.6 Å². The molecule has 0 spiro atoms. The predicted molar refractivity (Wildman–Crippen MR) is 122 cm³/mol. The van der Waals surface area contributed by atoms with Gasteiger partial charge in [0.25, 0.3) is 0 Å². The van der Waals surface area contributed by atoms with Crippen LogP contribution in [0.5, 0.6) is 0 Å². The molecule has 1 aromatic heterocycles. The molecule has 0 aliphatic carbocycles. The van der Waals surface area contributed by atoms with E-state index in [1.54, 1.807) is 12.1 Å². The van der Waals surface area contributed by atoms with Crippen molar-refractivity contribution in [2.45, 2.75) is 31.2 Å². The number of nitrogens with one attached hydrogen (secondary N) is 3. The van der Waals surface area contributed by atoms with Gasteiger partial charge in [0.1, 0.15) is 11.0 Å². The Bertz CT molecular complexity index is 882. The zero-order chi connectivity index (χ0) is 21.7. The quantitative estimate of drug-likeness (QED) is 0.362. The average Bonchev–Trinajstić information content (AvgIpc) is 2.72. The molecule has 2 amide bonds. The standard InChI is InChI=1S/C20H27ClN6O2S/c1-20(2,3)26-25-19(28)22-14-7-5-13(6-8-14)17-23-16(21)15(30-4)18(24-17)27-9-11-29-12-10-27/h5-8,26H,9-12H2,1-4H3,(H2,22,25,28). The van der Waals surface area contributed by atoms with E-state index < -0.39 is 0 Å². The van der Waals surface area contributed by atoms with Crippen LogP contribution in [0.3, 0.4) is 0 Å². The molecule has 1 aliphatic heterocycles. The highest BCUT2D eigenvalue weighted by molar-refractivity contribution is 7.98. The van der Waals surface area contributed by atoms with Gasteiger partial charge in [0.15, 0.2) is 5.82 Å². The normalized spacial score (nSPS) is 14.5. The lowest BCUT2D eigenvalue weighted by atomic mass is 10.1. The van der Waals surface area contributed by atoms with Crippen LogP contribution in [-0.4, -0.2) is 54.1 Å². The Hall–Kier alpha value is -2.07. The number of carbonyl (C=O) groups excluding carboxylic acids is 1. The van der Waals surface area contributed by atoms with Gasteiger partial charge in [0, 0.05) is 29.9 Å². The molecule has 0 bridgehead atoms. The van der Waals surface area contributed by atoms with Gasteiger partial charge >= 0.3 is 6.03 Å². The van der Waals surface area contributed by atoms with Crippen molar-refractivity contribution in [3.63, 3.8) is 0 Å². The number of anilines is 2. The number of urea groups is 1. The summed E-state index contributed by atoms with van der Waals surface area (Å²) in [6.07, 6.45) is 1.97. The minimum atomic E-state index is -0.337. The molecule has 2 aromatic rings. The third kappa shape index (κ3) is 5.98. The first kappa shape index (κ1) is 22.6. The summed E-state index contributed by atoms with van der Waals surface area (Å²) in [7, 11) is 0. The van der Waals surface area contributed by atoms with Gasteiger partial charge in [-0.15, -0.1) is 11.8 Å². The Kier molecular flexibility index (Phi) is 7.41. The Morgan fingerprint density at radius 1 is 1.17 bits per heavy atom. The van der Waals surface area contributed by atoms with Gasteiger partial charge in [-0.25, -0.2) is 20.2 Å². The molecule has 162 valence electrons.